The minimum atomic E-state index is -1.31. The highest BCUT2D eigenvalue weighted by atomic mass is 28.3. The lowest BCUT2D eigenvalue weighted by Crippen LogP contribution is -2.19. The Morgan fingerprint density at radius 2 is 2.09 bits per heavy atom. The van der Waals surface area contributed by atoms with E-state index in [-0.39, 0.29) is 6.10 Å². The molecular weight excluding hydrogens is 156 g/mol. The Hall–Kier alpha value is -0.303. The van der Waals surface area contributed by atoms with Crippen molar-refractivity contribution in [3.05, 3.63) is 0 Å². The second-order valence-corrected chi connectivity index (χ2v) is 8.59. The molecular formula is C8H14O2Si. The lowest BCUT2D eigenvalue weighted by atomic mass is 10.3. The molecule has 1 rings (SSSR count). The molecule has 11 heavy (non-hydrogen) atoms. The molecule has 0 bridgehead atoms. The first-order valence-corrected chi connectivity index (χ1v) is 7.31. The van der Waals surface area contributed by atoms with E-state index < -0.39 is 14.2 Å². The number of hydrogen-bond donors (Lipinski definition) is 1. The average molecular weight is 170 g/mol. The molecule has 1 fully saturated rings. The molecule has 0 saturated carbocycles. The molecule has 0 aromatic carbocycles. The van der Waals surface area contributed by atoms with Gasteiger partial charge in [0.1, 0.15) is 20.3 Å². The Bertz CT molecular complexity index is 192. The normalized spacial score (nSPS) is 25.3. The van der Waals surface area contributed by atoms with Gasteiger partial charge < -0.3 is 9.84 Å². The van der Waals surface area contributed by atoms with E-state index >= 15 is 0 Å². The number of ether oxygens (including phenoxy) is 1. The van der Waals surface area contributed by atoms with Crippen LogP contribution in [0.25, 0.3) is 0 Å². The van der Waals surface area contributed by atoms with Gasteiger partial charge in [-0.25, -0.2) is 0 Å². The van der Waals surface area contributed by atoms with Crippen molar-refractivity contribution >= 4 is 8.07 Å². The smallest absolute Gasteiger partial charge is 0.142 e. The van der Waals surface area contributed by atoms with Crippen LogP contribution in [0.2, 0.25) is 19.6 Å². The van der Waals surface area contributed by atoms with Crippen LogP contribution in [0, 0.1) is 11.5 Å². The minimum absolute atomic E-state index is 0.00106. The van der Waals surface area contributed by atoms with Crippen LogP contribution < -0.4 is 0 Å². The molecule has 62 valence electrons. The number of hydrogen-bond acceptors (Lipinski definition) is 2. The standard InChI is InChI=1S/C8H14O2Si/c1-11(2,3)5-4-7(9)8-6-10-8/h7-9H,6H2,1-3H3. The van der Waals surface area contributed by atoms with Gasteiger partial charge in [0.2, 0.25) is 0 Å². The van der Waals surface area contributed by atoms with Crippen molar-refractivity contribution in [1.82, 2.24) is 0 Å². The molecule has 0 aliphatic carbocycles. The average Bonchev–Trinajstić information content (AvgIpc) is 2.61. The summed E-state index contributed by atoms with van der Waals surface area (Å²) in [7, 11) is -1.31. The van der Waals surface area contributed by atoms with Crippen molar-refractivity contribution in [2.45, 2.75) is 31.8 Å². The van der Waals surface area contributed by atoms with Gasteiger partial charge in [0.05, 0.1) is 6.61 Å². The van der Waals surface area contributed by atoms with Crippen molar-refractivity contribution in [3.63, 3.8) is 0 Å². The van der Waals surface area contributed by atoms with Crippen molar-refractivity contribution in [2.24, 2.45) is 0 Å². The zero-order chi connectivity index (χ0) is 8.48. The monoisotopic (exact) mass is 170 g/mol. The molecule has 0 radical (unpaired) electrons. The number of epoxide rings is 1. The maximum atomic E-state index is 9.28. The molecule has 1 saturated heterocycles. The summed E-state index contributed by atoms with van der Waals surface area (Å²) in [5, 5.41) is 9.28. The van der Waals surface area contributed by atoms with Gasteiger partial charge in [0, 0.05) is 0 Å². The maximum Gasteiger partial charge on any atom is 0.142 e. The van der Waals surface area contributed by atoms with Gasteiger partial charge in [-0.15, -0.1) is 5.54 Å². The Morgan fingerprint density at radius 1 is 1.55 bits per heavy atom. The summed E-state index contributed by atoms with van der Waals surface area (Å²) < 4.78 is 4.90. The highest BCUT2D eigenvalue weighted by Gasteiger charge is 2.30. The molecule has 1 N–H and O–H groups in total. The molecule has 0 aromatic heterocycles. The maximum absolute atomic E-state index is 9.28. The van der Waals surface area contributed by atoms with E-state index in [2.05, 4.69) is 31.1 Å². The lowest BCUT2D eigenvalue weighted by molar-refractivity contribution is 0.186. The van der Waals surface area contributed by atoms with E-state index in [1.54, 1.807) is 0 Å². The summed E-state index contributed by atoms with van der Waals surface area (Å²) in [5.74, 6) is 2.83. The second-order valence-electron chi connectivity index (χ2n) is 3.84. The fourth-order valence-corrected chi connectivity index (χ4v) is 1.20. The first-order valence-electron chi connectivity index (χ1n) is 3.81. The molecule has 1 heterocycles. The predicted molar refractivity (Wildman–Crippen MR) is 46.9 cm³/mol. The highest BCUT2D eigenvalue weighted by molar-refractivity contribution is 6.83. The van der Waals surface area contributed by atoms with Gasteiger partial charge in [-0.3, -0.25) is 0 Å². The fraction of sp³-hybridized carbons (Fsp3) is 0.750. The Labute approximate surface area is 68.6 Å². The van der Waals surface area contributed by atoms with Crippen molar-refractivity contribution in [3.8, 4) is 11.5 Å². The van der Waals surface area contributed by atoms with Crippen LogP contribution >= 0.6 is 0 Å². The third-order valence-corrected chi connectivity index (χ3v) is 2.20. The molecule has 0 amide bonds. The van der Waals surface area contributed by atoms with Crippen LogP contribution in [0.3, 0.4) is 0 Å². The van der Waals surface area contributed by atoms with Gasteiger partial charge in [-0.05, 0) is 0 Å². The molecule has 0 aromatic rings. The van der Waals surface area contributed by atoms with E-state index in [0.29, 0.717) is 6.61 Å². The quantitative estimate of drug-likeness (QED) is 0.355. The lowest BCUT2D eigenvalue weighted by Gasteiger charge is -2.04. The summed E-state index contributed by atoms with van der Waals surface area (Å²) in [6.45, 7) is 7.13. The SMILES string of the molecule is C[Si](C)(C)C#CC(O)C1CO1. The van der Waals surface area contributed by atoms with Crippen molar-refractivity contribution in [2.75, 3.05) is 6.61 Å². The van der Waals surface area contributed by atoms with Gasteiger partial charge in [0.25, 0.3) is 0 Å². The van der Waals surface area contributed by atoms with Gasteiger partial charge in [0.15, 0.2) is 0 Å². The number of rotatable bonds is 1. The van der Waals surface area contributed by atoms with Crippen molar-refractivity contribution in [1.29, 1.82) is 0 Å². The molecule has 2 unspecified atom stereocenters. The minimum Gasteiger partial charge on any atom is -0.378 e. The number of aliphatic hydroxyl groups excluding tert-OH is 1. The van der Waals surface area contributed by atoms with Crippen LogP contribution in [0.15, 0.2) is 0 Å². The highest BCUT2D eigenvalue weighted by Crippen LogP contribution is 2.13. The Balaban J connectivity index is 2.41. The van der Waals surface area contributed by atoms with Crippen LogP contribution in [-0.4, -0.2) is 32.0 Å². The van der Waals surface area contributed by atoms with Gasteiger partial charge in [-0.1, -0.05) is 25.6 Å². The molecule has 0 spiro atoms. The van der Waals surface area contributed by atoms with E-state index in [0.717, 1.165) is 0 Å². The summed E-state index contributed by atoms with van der Waals surface area (Å²) in [4.78, 5) is 0. The topological polar surface area (TPSA) is 32.8 Å². The Morgan fingerprint density at radius 3 is 2.45 bits per heavy atom. The number of aliphatic hydroxyl groups is 1. The predicted octanol–water partition coefficient (Wildman–Crippen LogP) is 0.627. The zero-order valence-electron chi connectivity index (χ0n) is 7.22. The summed E-state index contributed by atoms with van der Waals surface area (Å²) in [6.07, 6.45) is -0.555. The van der Waals surface area contributed by atoms with Gasteiger partial charge in [-0.2, -0.15) is 0 Å². The Kier molecular flexibility index (Phi) is 2.38. The van der Waals surface area contributed by atoms with Gasteiger partial charge >= 0.3 is 0 Å². The van der Waals surface area contributed by atoms with Crippen molar-refractivity contribution < 1.29 is 9.84 Å². The van der Waals surface area contributed by atoms with Crippen LogP contribution in [0.1, 0.15) is 0 Å². The van der Waals surface area contributed by atoms with E-state index in [1.807, 2.05) is 0 Å². The van der Waals surface area contributed by atoms with E-state index in [4.69, 9.17) is 4.74 Å². The largest absolute Gasteiger partial charge is 0.378 e. The van der Waals surface area contributed by atoms with E-state index in [9.17, 15) is 5.11 Å². The molecule has 1 aliphatic heterocycles. The summed E-state index contributed by atoms with van der Waals surface area (Å²) >= 11 is 0. The third kappa shape index (κ3) is 3.56. The van der Waals surface area contributed by atoms with Crippen LogP contribution in [0.4, 0.5) is 0 Å². The van der Waals surface area contributed by atoms with Crippen LogP contribution in [-0.2, 0) is 4.74 Å². The zero-order valence-corrected chi connectivity index (χ0v) is 8.22. The molecule has 3 heteroatoms. The molecule has 2 nitrogen and oxygen atoms in total. The first-order chi connectivity index (χ1) is 4.99. The summed E-state index contributed by atoms with van der Waals surface area (Å²) in [6, 6.07) is 0. The third-order valence-electron chi connectivity index (χ3n) is 1.31. The van der Waals surface area contributed by atoms with Crippen LogP contribution in [0.5, 0.6) is 0 Å². The second kappa shape index (κ2) is 2.98. The molecule has 2 atom stereocenters. The fourth-order valence-electron chi connectivity index (χ4n) is 0.621. The first kappa shape index (κ1) is 8.79. The van der Waals surface area contributed by atoms with E-state index in [1.165, 1.54) is 0 Å². The summed E-state index contributed by atoms with van der Waals surface area (Å²) in [5.41, 5.74) is 3.10. The molecule has 1 aliphatic rings.